The number of benzene rings is 1. The van der Waals surface area contributed by atoms with E-state index in [0.29, 0.717) is 12.4 Å². The summed E-state index contributed by atoms with van der Waals surface area (Å²) in [5.41, 5.74) is 6.78. The number of nitrogens with one attached hydrogen (secondary N) is 1. The van der Waals surface area contributed by atoms with Crippen LogP contribution in [0.3, 0.4) is 0 Å². The summed E-state index contributed by atoms with van der Waals surface area (Å²) in [4.78, 5) is 8.34. The van der Waals surface area contributed by atoms with E-state index in [-0.39, 0.29) is 0 Å². The van der Waals surface area contributed by atoms with Gasteiger partial charge in [-0.1, -0.05) is 34.1 Å². The lowest BCUT2D eigenvalue weighted by Crippen LogP contribution is -2.09. The summed E-state index contributed by atoms with van der Waals surface area (Å²) >= 11 is 3.54. The molecule has 2 aromatic rings. The molecule has 18 heavy (non-hydrogen) atoms. The molecule has 0 spiro atoms. The van der Waals surface area contributed by atoms with Crippen molar-refractivity contribution in [2.45, 2.75) is 13.0 Å². The zero-order valence-electron chi connectivity index (χ0n) is 9.94. The highest BCUT2D eigenvalue weighted by Crippen LogP contribution is 2.16. The summed E-state index contributed by atoms with van der Waals surface area (Å²) in [7, 11) is 0. The first kappa shape index (κ1) is 13.0. The van der Waals surface area contributed by atoms with Crippen LogP contribution in [0.2, 0.25) is 0 Å². The van der Waals surface area contributed by atoms with Crippen LogP contribution in [0.1, 0.15) is 11.4 Å². The lowest BCUT2D eigenvalue weighted by atomic mass is 10.1. The largest absolute Gasteiger partial charge is 0.370 e. The highest BCUT2D eigenvalue weighted by Gasteiger charge is 2.00. The fourth-order valence-electron chi connectivity index (χ4n) is 1.62. The van der Waals surface area contributed by atoms with Gasteiger partial charge in [-0.25, -0.2) is 9.97 Å². The first-order valence-corrected chi connectivity index (χ1v) is 6.58. The predicted molar refractivity (Wildman–Crippen MR) is 76.3 cm³/mol. The van der Waals surface area contributed by atoms with E-state index in [2.05, 4.69) is 37.3 Å². The van der Waals surface area contributed by atoms with Crippen LogP contribution < -0.4 is 11.1 Å². The fraction of sp³-hybridized carbons (Fsp3) is 0.231. The van der Waals surface area contributed by atoms with Crippen LogP contribution in [-0.2, 0) is 13.0 Å². The van der Waals surface area contributed by atoms with Gasteiger partial charge >= 0.3 is 0 Å². The molecule has 0 aliphatic rings. The van der Waals surface area contributed by atoms with E-state index in [1.807, 2.05) is 24.3 Å². The quantitative estimate of drug-likeness (QED) is 0.890. The Hall–Kier alpha value is -1.46. The Morgan fingerprint density at radius 3 is 2.83 bits per heavy atom. The molecule has 0 fully saturated rings. The maximum atomic E-state index is 5.50. The van der Waals surface area contributed by atoms with Gasteiger partial charge in [-0.3, -0.25) is 0 Å². The molecule has 1 aromatic carbocycles. The Bertz CT molecular complexity index is 516. The number of rotatable bonds is 5. The molecule has 5 heteroatoms. The van der Waals surface area contributed by atoms with E-state index >= 15 is 0 Å². The van der Waals surface area contributed by atoms with E-state index < -0.39 is 0 Å². The van der Waals surface area contributed by atoms with Gasteiger partial charge in [0.2, 0.25) is 0 Å². The van der Waals surface area contributed by atoms with Crippen LogP contribution in [0.15, 0.2) is 41.0 Å². The van der Waals surface area contributed by atoms with E-state index in [4.69, 9.17) is 5.73 Å². The molecule has 0 saturated heterocycles. The molecular weight excluding hydrogens is 292 g/mol. The summed E-state index contributed by atoms with van der Waals surface area (Å²) in [6, 6.07) is 10.1. The third kappa shape index (κ3) is 3.51. The summed E-state index contributed by atoms with van der Waals surface area (Å²) < 4.78 is 1.14. The van der Waals surface area contributed by atoms with Gasteiger partial charge < -0.3 is 11.1 Å². The Balaban J connectivity index is 1.90. The van der Waals surface area contributed by atoms with Crippen molar-refractivity contribution in [3.05, 3.63) is 52.4 Å². The number of hydrogen-bond donors (Lipinski definition) is 2. The van der Waals surface area contributed by atoms with Crippen molar-refractivity contribution >= 4 is 21.7 Å². The monoisotopic (exact) mass is 306 g/mol. The highest BCUT2D eigenvalue weighted by atomic mass is 79.9. The molecule has 2 rings (SSSR count). The molecule has 0 radical (unpaired) electrons. The number of halogens is 1. The molecule has 0 bridgehead atoms. The van der Waals surface area contributed by atoms with Crippen molar-refractivity contribution in [3.63, 3.8) is 0 Å². The van der Waals surface area contributed by atoms with Gasteiger partial charge in [-0.2, -0.15) is 0 Å². The van der Waals surface area contributed by atoms with E-state index in [0.717, 1.165) is 23.3 Å². The van der Waals surface area contributed by atoms with Crippen molar-refractivity contribution in [3.8, 4) is 0 Å². The van der Waals surface area contributed by atoms with Gasteiger partial charge in [-0.15, -0.1) is 0 Å². The second kappa shape index (κ2) is 6.47. The predicted octanol–water partition coefficient (Wildman–Crippen LogP) is 2.35. The molecule has 1 aromatic heterocycles. The number of nitrogens with two attached hydrogens (primary N) is 1. The second-order valence-corrected chi connectivity index (χ2v) is 4.68. The maximum absolute atomic E-state index is 5.50. The Morgan fingerprint density at radius 2 is 2.06 bits per heavy atom. The number of aromatic nitrogens is 2. The molecule has 0 unspecified atom stereocenters. The molecule has 0 aliphatic heterocycles. The molecule has 94 valence electrons. The third-order valence-electron chi connectivity index (χ3n) is 2.55. The average molecular weight is 307 g/mol. The zero-order chi connectivity index (χ0) is 12.8. The van der Waals surface area contributed by atoms with Gasteiger partial charge in [0, 0.05) is 17.2 Å². The molecule has 0 aliphatic carbocycles. The Kier molecular flexibility index (Phi) is 4.66. The molecule has 0 atom stereocenters. The highest BCUT2D eigenvalue weighted by molar-refractivity contribution is 9.10. The lowest BCUT2D eigenvalue weighted by Gasteiger charge is -2.07. The van der Waals surface area contributed by atoms with E-state index in [1.165, 1.54) is 5.56 Å². The van der Waals surface area contributed by atoms with Crippen molar-refractivity contribution in [2.75, 3.05) is 11.9 Å². The van der Waals surface area contributed by atoms with E-state index in [9.17, 15) is 0 Å². The first-order valence-electron chi connectivity index (χ1n) is 5.79. The standard InChI is InChI=1S/C13H15BrN4/c14-11-4-2-1-3-10(11)5-7-16-12-6-8-17-13(9-15)18-12/h1-4,6,8H,5,7,9,15H2,(H,16,17,18). The zero-order valence-corrected chi connectivity index (χ0v) is 11.5. The van der Waals surface area contributed by atoms with Crippen molar-refractivity contribution in [2.24, 2.45) is 5.73 Å². The molecule has 0 amide bonds. The summed E-state index contributed by atoms with van der Waals surface area (Å²) in [6.07, 6.45) is 2.65. The number of hydrogen-bond acceptors (Lipinski definition) is 4. The fourth-order valence-corrected chi connectivity index (χ4v) is 2.11. The minimum atomic E-state index is 0.361. The normalized spacial score (nSPS) is 10.3. The van der Waals surface area contributed by atoms with Crippen LogP contribution in [0.25, 0.3) is 0 Å². The SMILES string of the molecule is NCc1nccc(NCCc2ccccc2Br)n1. The minimum Gasteiger partial charge on any atom is -0.370 e. The summed E-state index contributed by atoms with van der Waals surface area (Å²) in [6.45, 7) is 1.18. The average Bonchev–Trinajstić information content (AvgIpc) is 2.41. The molecule has 0 saturated carbocycles. The molecular formula is C13H15BrN4. The van der Waals surface area contributed by atoms with Crippen LogP contribution in [0.4, 0.5) is 5.82 Å². The topological polar surface area (TPSA) is 63.8 Å². The van der Waals surface area contributed by atoms with E-state index in [1.54, 1.807) is 6.20 Å². The maximum Gasteiger partial charge on any atom is 0.144 e. The third-order valence-corrected chi connectivity index (χ3v) is 3.32. The molecule has 1 heterocycles. The second-order valence-electron chi connectivity index (χ2n) is 3.83. The Labute approximate surface area is 115 Å². The van der Waals surface area contributed by atoms with Crippen LogP contribution in [0, 0.1) is 0 Å². The van der Waals surface area contributed by atoms with Crippen LogP contribution >= 0.6 is 15.9 Å². The van der Waals surface area contributed by atoms with Gasteiger partial charge in [0.15, 0.2) is 0 Å². The van der Waals surface area contributed by atoms with Crippen molar-refractivity contribution < 1.29 is 0 Å². The van der Waals surface area contributed by atoms with Crippen molar-refractivity contribution in [1.82, 2.24) is 9.97 Å². The number of nitrogens with zero attached hydrogens (tertiary/aromatic N) is 2. The smallest absolute Gasteiger partial charge is 0.144 e. The van der Waals surface area contributed by atoms with Gasteiger partial charge in [0.1, 0.15) is 11.6 Å². The van der Waals surface area contributed by atoms with Gasteiger partial charge in [0.25, 0.3) is 0 Å². The molecule has 4 nitrogen and oxygen atoms in total. The van der Waals surface area contributed by atoms with Crippen LogP contribution in [-0.4, -0.2) is 16.5 Å². The van der Waals surface area contributed by atoms with Gasteiger partial charge in [0.05, 0.1) is 6.54 Å². The van der Waals surface area contributed by atoms with Crippen LogP contribution in [0.5, 0.6) is 0 Å². The van der Waals surface area contributed by atoms with Gasteiger partial charge in [-0.05, 0) is 24.1 Å². The molecule has 3 N–H and O–H groups in total. The lowest BCUT2D eigenvalue weighted by molar-refractivity contribution is 0.900. The Morgan fingerprint density at radius 1 is 1.22 bits per heavy atom. The number of anilines is 1. The summed E-state index contributed by atoms with van der Waals surface area (Å²) in [5.74, 6) is 1.47. The summed E-state index contributed by atoms with van der Waals surface area (Å²) in [5, 5.41) is 3.27. The van der Waals surface area contributed by atoms with Crippen molar-refractivity contribution in [1.29, 1.82) is 0 Å². The first-order chi connectivity index (χ1) is 8.79. The minimum absolute atomic E-state index is 0.361.